The maximum atomic E-state index is 12.5. The topological polar surface area (TPSA) is 139 Å². The van der Waals surface area contributed by atoms with Crippen LogP contribution < -0.4 is 27.4 Å². The van der Waals surface area contributed by atoms with Gasteiger partial charge >= 0.3 is 6.03 Å². The van der Waals surface area contributed by atoms with Crippen LogP contribution in [0.1, 0.15) is 12.5 Å². The minimum atomic E-state index is -0.829. The fraction of sp³-hybridized carbons (Fsp3) is 0.278. The van der Waals surface area contributed by atoms with Crippen molar-refractivity contribution in [3.8, 4) is 0 Å². The van der Waals surface area contributed by atoms with Gasteiger partial charge in [-0.2, -0.15) is 0 Å². The Hall–Kier alpha value is -3.13. The van der Waals surface area contributed by atoms with Crippen LogP contribution in [0.25, 0.3) is 10.8 Å². The highest BCUT2D eigenvalue weighted by atomic mass is 16.2. The van der Waals surface area contributed by atoms with Crippen molar-refractivity contribution in [3.63, 3.8) is 0 Å². The number of nitrogens with two attached hydrogens (primary N) is 2. The molecule has 0 radical (unpaired) electrons. The third-order valence-electron chi connectivity index (χ3n) is 3.81. The standard InChI is InChI=1S/C18H23N5O3/c1-11(22-18(20)26)21-17(25)15(23-16(24)10-19)9-12-6-7-13-4-2-3-5-14(13)8-12/h2-8,11,15H,9-10,19H2,1H3,(H,21,25)(H,23,24)(H3,20,22,26)/t11-,15+/m0/s1. The van der Waals surface area contributed by atoms with Gasteiger partial charge in [-0.3, -0.25) is 9.59 Å². The third-order valence-corrected chi connectivity index (χ3v) is 3.81. The molecular formula is C18H23N5O3. The molecule has 0 aliphatic rings. The number of carbonyl (C=O) groups excluding carboxylic acids is 3. The molecule has 7 N–H and O–H groups in total. The summed E-state index contributed by atoms with van der Waals surface area (Å²) in [5.74, 6) is -0.886. The van der Waals surface area contributed by atoms with Crippen molar-refractivity contribution in [1.82, 2.24) is 16.0 Å². The molecule has 0 heterocycles. The molecule has 26 heavy (non-hydrogen) atoms. The molecule has 0 aliphatic heterocycles. The molecule has 0 aromatic heterocycles. The average molecular weight is 357 g/mol. The van der Waals surface area contributed by atoms with Gasteiger partial charge in [-0.25, -0.2) is 4.79 Å². The number of nitrogens with one attached hydrogen (secondary N) is 3. The van der Waals surface area contributed by atoms with Gasteiger partial charge in [0, 0.05) is 6.42 Å². The Bertz CT molecular complexity index is 808. The van der Waals surface area contributed by atoms with Crippen molar-refractivity contribution in [2.75, 3.05) is 6.54 Å². The summed E-state index contributed by atoms with van der Waals surface area (Å²) >= 11 is 0. The summed E-state index contributed by atoms with van der Waals surface area (Å²) in [5, 5.41) is 9.67. The molecule has 4 amide bonds. The molecule has 0 aliphatic carbocycles. The molecule has 8 heteroatoms. The van der Waals surface area contributed by atoms with Crippen LogP contribution in [0.4, 0.5) is 4.79 Å². The molecule has 138 valence electrons. The van der Waals surface area contributed by atoms with Crippen LogP contribution in [0.15, 0.2) is 42.5 Å². The molecule has 0 unspecified atom stereocenters. The lowest BCUT2D eigenvalue weighted by Gasteiger charge is -2.21. The Morgan fingerprint density at radius 3 is 2.35 bits per heavy atom. The number of primary amides is 1. The Balaban J connectivity index is 2.15. The number of hydrogen-bond donors (Lipinski definition) is 5. The van der Waals surface area contributed by atoms with E-state index in [-0.39, 0.29) is 13.0 Å². The van der Waals surface area contributed by atoms with E-state index in [1.54, 1.807) is 6.92 Å². The van der Waals surface area contributed by atoms with Gasteiger partial charge in [-0.15, -0.1) is 0 Å². The second-order valence-corrected chi connectivity index (χ2v) is 5.95. The average Bonchev–Trinajstić information content (AvgIpc) is 2.60. The largest absolute Gasteiger partial charge is 0.352 e. The SMILES string of the molecule is C[C@H](NC(N)=O)NC(=O)[C@@H](Cc1ccc2ccccc2c1)NC(=O)CN. The highest BCUT2D eigenvalue weighted by Gasteiger charge is 2.22. The van der Waals surface area contributed by atoms with Gasteiger partial charge in [0.25, 0.3) is 0 Å². The highest BCUT2D eigenvalue weighted by Crippen LogP contribution is 2.16. The van der Waals surface area contributed by atoms with E-state index in [0.29, 0.717) is 0 Å². The Labute approximate surface area is 151 Å². The first-order valence-electron chi connectivity index (χ1n) is 8.22. The Morgan fingerprint density at radius 1 is 1.00 bits per heavy atom. The van der Waals surface area contributed by atoms with Crippen molar-refractivity contribution in [1.29, 1.82) is 0 Å². The minimum Gasteiger partial charge on any atom is -0.352 e. The van der Waals surface area contributed by atoms with Crippen molar-refractivity contribution < 1.29 is 14.4 Å². The monoisotopic (exact) mass is 357 g/mol. The summed E-state index contributed by atoms with van der Waals surface area (Å²) in [4.78, 5) is 35.1. The molecule has 0 saturated carbocycles. The van der Waals surface area contributed by atoms with Crippen LogP contribution in [-0.4, -0.2) is 36.6 Å². The van der Waals surface area contributed by atoms with E-state index in [2.05, 4.69) is 16.0 Å². The van der Waals surface area contributed by atoms with E-state index in [1.807, 2.05) is 42.5 Å². The first-order chi connectivity index (χ1) is 12.4. The van der Waals surface area contributed by atoms with Crippen LogP contribution in [0.5, 0.6) is 0 Å². The van der Waals surface area contributed by atoms with E-state index in [9.17, 15) is 14.4 Å². The van der Waals surface area contributed by atoms with Crippen molar-refractivity contribution >= 4 is 28.6 Å². The van der Waals surface area contributed by atoms with Crippen LogP contribution in [0.2, 0.25) is 0 Å². The molecule has 0 fully saturated rings. The number of fused-ring (bicyclic) bond motifs is 1. The van der Waals surface area contributed by atoms with E-state index >= 15 is 0 Å². The number of rotatable bonds is 7. The molecule has 2 aromatic rings. The third kappa shape index (κ3) is 5.45. The molecular weight excluding hydrogens is 334 g/mol. The van der Waals surface area contributed by atoms with Crippen molar-refractivity contribution in [2.45, 2.75) is 25.6 Å². The second-order valence-electron chi connectivity index (χ2n) is 5.95. The van der Waals surface area contributed by atoms with Gasteiger partial charge in [0.05, 0.1) is 12.7 Å². The molecule has 2 atom stereocenters. The highest BCUT2D eigenvalue weighted by molar-refractivity contribution is 5.89. The lowest BCUT2D eigenvalue weighted by molar-refractivity contribution is -0.128. The van der Waals surface area contributed by atoms with Crippen molar-refractivity contribution in [2.24, 2.45) is 11.5 Å². The second kappa shape index (κ2) is 8.82. The van der Waals surface area contributed by atoms with Gasteiger partial charge in [-0.1, -0.05) is 42.5 Å². The normalized spacial score (nSPS) is 12.8. The fourth-order valence-corrected chi connectivity index (χ4v) is 2.63. The lowest BCUT2D eigenvalue weighted by atomic mass is 10.0. The molecule has 0 bridgehead atoms. The van der Waals surface area contributed by atoms with Gasteiger partial charge in [0.15, 0.2) is 0 Å². The summed E-state index contributed by atoms with van der Waals surface area (Å²) < 4.78 is 0. The lowest BCUT2D eigenvalue weighted by Crippen LogP contribution is -2.55. The molecule has 2 rings (SSSR count). The van der Waals surface area contributed by atoms with Crippen molar-refractivity contribution in [3.05, 3.63) is 48.0 Å². The van der Waals surface area contributed by atoms with Gasteiger partial charge < -0.3 is 27.4 Å². The number of hydrogen-bond acceptors (Lipinski definition) is 4. The first kappa shape index (κ1) is 19.2. The predicted octanol–water partition coefficient (Wildman–Crippen LogP) is -0.0437. The number of urea groups is 1. The van der Waals surface area contributed by atoms with Crippen LogP contribution in [0, 0.1) is 0 Å². The molecule has 2 aromatic carbocycles. The minimum absolute atomic E-state index is 0.226. The molecule has 8 nitrogen and oxygen atoms in total. The number of amides is 4. The quantitative estimate of drug-likeness (QED) is 0.443. The van der Waals surface area contributed by atoms with E-state index < -0.39 is 30.1 Å². The summed E-state index contributed by atoms with van der Waals surface area (Å²) in [7, 11) is 0. The number of benzene rings is 2. The summed E-state index contributed by atoms with van der Waals surface area (Å²) in [6.45, 7) is 1.34. The zero-order valence-corrected chi connectivity index (χ0v) is 14.5. The van der Waals surface area contributed by atoms with Crippen LogP contribution in [0.3, 0.4) is 0 Å². The van der Waals surface area contributed by atoms with Crippen LogP contribution >= 0.6 is 0 Å². The maximum absolute atomic E-state index is 12.5. The first-order valence-corrected chi connectivity index (χ1v) is 8.22. The maximum Gasteiger partial charge on any atom is 0.313 e. The Morgan fingerprint density at radius 2 is 1.69 bits per heavy atom. The van der Waals surface area contributed by atoms with Gasteiger partial charge in [0.2, 0.25) is 11.8 Å². The predicted molar refractivity (Wildman–Crippen MR) is 99.0 cm³/mol. The molecule has 0 spiro atoms. The number of carbonyl (C=O) groups is 3. The smallest absolute Gasteiger partial charge is 0.313 e. The van der Waals surface area contributed by atoms with E-state index in [0.717, 1.165) is 16.3 Å². The zero-order valence-electron chi connectivity index (χ0n) is 14.5. The molecule has 0 saturated heterocycles. The summed E-state index contributed by atoms with van der Waals surface area (Å²) in [5.41, 5.74) is 11.3. The fourth-order valence-electron chi connectivity index (χ4n) is 2.63. The Kier molecular flexibility index (Phi) is 6.51. The van der Waals surface area contributed by atoms with Gasteiger partial charge in [-0.05, 0) is 23.3 Å². The van der Waals surface area contributed by atoms with Crippen LogP contribution in [-0.2, 0) is 16.0 Å². The summed E-state index contributed by atoms with van der Waals surface area (Å²) in [6, 6.07) is 12.1. The zero-order chi connectivity index (χ0) is 19.1. The van der Waals surface area contributed by atoms with E-state index in [1.165, 1.54) is 0 Å². The van der Waals surface area contributed by atoms with Gasteiger partial charge in [0.1, 0.15) is 6.04 Å². The van der Waals surface area contributed by atoms with E-state index in [4.69, 9.17) is 11.5 Å². The summed E-state index contributed by atoms with van der Waals surface area (Å²) in [6.07, 6.45) is -0.389.